The predicted octanol–water partition coefficient (Wildman–Crippen LogP) is 3.53. The maximum absolute atomic E-state index is 13.3. The van der Waals surface area contributed by atoms with Crippen molar-refractivity contribution in [2.24, 2.45) is 17.3 Å². The second-order valence-electron chi connectivity index (χ2n) is 6.37. The Morgan fingerprint density at radius 1 is 1.21 bits per heavy atom. The molecule has 2 fully saturated rings. The zero-order valence-electron chi connectivity index (χ0n) is 11.4. The first-order valence-electron chi connectivity index (χ1n) is 7.26. The van der Waals surface area contributed by atoms with Gasteiger partial charge < -0.3 is 5.32 Å². The molecule has 0 spiro atoms. The van der Waals surface area contributed by atoms with Crippen molar-refractivity contribution in [3.8, 4) is 0 Å². The molecule has 0 heterocycles. The lowest BCUT2D eigenvalue weighted by Crippen LogP contribution is -2.35. The van der Waals surface area contributed by atoms with E-state index < -0.39 is 11.6 Å². The topological polar surface area (TPSA) is 12.0 Å². The Morgan fingerprint density at radius 2 is 1.95 bits per heavy atom. The molecule has 1 aromatic carbocycles. The van der Waals surface area contributed by atoms with Gasteiger partial charge in [-0.3, -0.25) is 0 Å². The number of rotatable bonds is 5. The van der Waals surface area contributed by atoms with Gasteiger partial charge in [-0.2, -0.15) is 0 Å². The van der Waals surface area contributed by atoms with Gasteiger partial charge in [-0.05, 0) is 67.2 Å². The Labute approximate surface area is 113 Å². The number of hydrogen-bond donors (Lipinski definition) is 1. The van der Waals surface area contributed by atoms with E-state index in [0.717, 1.165) is 36.9 Å². The molecule has 0 bridgehead atoms. The number of halogens is 2. The van der Waals surface area contributed by atoms with E-state index in [1.165, 1.54) is 31.4 Å². The number of fused-ring (bicyclic) bond motifs is 1. The highest BCUT2D eigenvalue weighted by Gasteiger charge is 2.53. The van der Waals surface area contributed by atoms with Crippen LogP contribution in [0.25, 0.3) is 0 Å². The van der Waals surface area contributed by atoms with Gasteiger partial charge >= 0.3 is 0 Å². The Balaban J connectivity index is 1.75. The highest BCUT2D eigenvalue weighted by Crippen LogP contribution is 2.60. The lowest BCUT2D eigenvalue weighted by Gasteiger charge is -2.31. The summed E-state index contributed by atoms with van der Waals surface area (Å²) in [5.41, 5.74) is 1.19. The van der Waals surface area contributed by atoms with Crippen LogP contribution in [-0.2, 0) is 6.42 Å². The SMILES string of the molecule is CCNCC1(Cc2ccc(F)c(F)c2)CC2CC2C1. The van der Waals surface area contributed by atoms with Crippen LogP contribution in [0.2, 0.25) is 0 Å². The minimum Gasteiger partial charge on any atom is -0.316 e. The van der Waals surface area contributed by atoms with Crippen molar-refractivity contribution >= 4 is 0 Å². The normalized spacial score (nSPS) is 32.4. The van der Waals surface area contributed by atoms with Crippen LogP contribution in [0.3, 0.4) is 0 Å². The van der Waals surface area contributed by atoms with Crippen LogP contribution in [0.5, 0.6) is 0 Å². The van der Waals surface area contributed by atoms with Crippen LogP contribution in [-0.4, -0.2) is 13.1 Å². The molecule has 0 aromatic heterocycles. The standard InChI is InChI=1S/C16H21F2N/c1-2-19-10-16(8-12-6-13(12)9-16)7-11-3-4-14(17)15(18)5-11/h3-5,12-13,19H,2,6-10H2,1H3. The smallest absolute Gasteiger partial charge is 0.159 e. The molecular weight excluding hydrogens is 244 g/mol. The largest absolute Gasteiger partial charge is 0.316 e. The van der Waals surface area contributed by atoms with Gasteiger partial charge in [0, 0.05) is 6.54 Å². The summed E-state index contributed by atoms with van der Waals surface area (Å²) < 4.78 is 26.3. The zero-order valence-corrected chi connectivity index (χ0v) is 11.4. The van der Waals surface area contributed by atoms with Crippen LogP contribution in [0, 0.1) is 28.9 Å². The Hall–Kier alpha value is -0.960. The van der Waals surface area contributed by atoms with E-state index in [2.05, 4.69) is 12.2 Å². The molecule has 1 N–H and O–H groups in total. The van der Waals surface area contributed by atoms with Crippen molar-refractivity contribution in [1.29, 1.82) is 0 Å². The molecule has 3 heteroatoms. The Morgan fingerprint density at radius 3 is 2.58 bits per heavy atom. The van der Waals surface area contributed by atoms with E-state index >= 15 is 0 Å². The van der Waals surface area contributed by atoms with Crippen molar-refractivity contribution in [3.05, 3.63) is 35.4 Å². The molecule has 0 radical (unpaired) electrons. The van der Waals surface area contributed by atoms with Gasteiger partial charge in [-0.25, -0.2) is 8.78 Å². The lowest BCUT2D eigenvalue weighted by atomic mass is 9.77. The molecule has 2 saturated carbocycles. The molecule has 2 aliphatic carbocycles. The Kier molecular flexibility index (Phi) is 3.34. The minimum atomic E-state index is -0.751. The average Bonchev–Trinajstić information content (AvgIpc) is 3.00. The van der Waals surface area contributed by atoms with Gasteiger partial charge in [-0.15, -0.1) is 0 Å². The molecule has 2 atom stereocenters. The predicted molar refractivity (Wildman–Crippen MR) is 71.9 cm³/mol. The first-order chi connectivity index (χ1) is 9.12. The molecular formula is C16H21F2N. The number of benzene rings is 1. The van der Waals surface area contributed by atoms with E-state index in [-0.39, 0.29) is 5.41 Å². The van der Waals surface area contributed by atoms with Crippen molar-refractivity contribution in [2.45, 2.75) is 32.6 Å². The summed E-state index contributed by atoms with van der Waals surface area (Å²) in [4.78, 5) is 0. The molecule has 0 saturated heterocycles. The first-order valence-corrected chi connectivity index (χ1v) is 7.26. The second-order valence-corrected chi connectivity index (χ2v) is 6.37. The van der Waals surface area contributed by atoms with Crippen LogP contribution in [0.4, 0.5) is 8.78 Å². The van der Waals surface area contributed by atoms with Gasteiger partial charge in [0.15, 0.2) is 11.6 Å². The molecule has 2 unspecified atom stereocenters. The van der Waals surface area contributed by atoms with Crippen LogP contribution >= 0.6 is 0 Å². The van der Waals surface area contributed by atoms with Gasteiger partial charge in [0.2, 0.25) is 0 Å². The molecule has 1 nitrogen and oxygen atoms in total. The fourth-order valence-corrected chi connectivity index (χ4v) is 3.83. The van der Waals surface area contributed by atoms with Crippen molar-refractivity contribution in [1.82, 2.24) is 5.32 Å². The van der Waals surface area contributed by atoms with Gasteiger partial charge in [0.1, 0.15) is 0 Å². The van der Waals surface area contributed by atoms with Crippen molar-refractivity contribution in [2.75, 3.05) is 13.1 Å². The summed E-state index contributed by atoms with van der Waals surface area (Å²) in [6.07, 6.45) is 4.73. The summed E-state index contributed by atoms with van der Waals surface area (Å²) in [6, 6.07) is 4.35. The monoisotopic (exact) mass is 265 g/mol. The maximum atomic E-state index is 13.3. The molecule has 2 aliphatic rings. The lowest BCUT2D eigenvalue weighted by molar-refractivity contribution is 0.250. The van der Waals surface area contributed by atoms with Gasteiger partial charge in [0.25, 0.3) is 0 Å². The third kappa shape index (κ3) is 2.66. The van der Waals surface area contributed by atoms with E-state index in [4.69, 9.17) is 0 Å². The first kappa shape index (κ1) is 13.0. The molecule has 104 valence electrons. The van der Waals surface area contributed by atoms with Crippen molar-refractivity contribution in [3.63, 3.8) is 0 Å². The summed E-state index contributed by atoms with van der Waals surface area (Å²) in [5.74, 6) is 0.311. The quantitative estimate of drug-likeness (QED) is 0.858. The fraction of sp³-hybridized carbons (Fsp3) is 0.625. The van der Waals surface area contributed by atoms with Crippen molar-refractivity contribution < 1.29 is 8.78 Å². The summed E-state index contributed by atoms with van der Waals surface area (Å²) in [5, 5.41) is 3.45. The number of hydrogen-bond acceptors (Lipinski definition) is 1. The van der Waals surface area contributed by atoms with Crippen LogP contribution in [0.1, 0.15) is 31.7 Å². The second kappa shape index (κ2) is 4.86. The number of nitrogens with one attached hydrogen (secondary N) is 1. The molecule has 3 rings (SSSR count). The summed E-state index contributed by atoms with van der Waals surface area (Å²) in [7, 11) is 0. The van der Waals surface area contributed by atoms with E-state index in [1.807, 2.05) is 0 Å². The van der Waals surface area contributed by atoms with Gasteiger partial charge in [-0.1, -0.05) is 13.0 Å². The van der Waals surface area contributed by atoms with E-state index in [1.54, 1.807) is 6.07 Å². The molecule has 0 amide bonds. The summed E-state index contributed by atoms with van der Waals surface area (Å²) in [6.45, 7) is 4.07. The molecule has 19 heavy (non-hydrogen) atoms. The van der Waals surface area contributed by atoms with E-state index in [0.29, 0.717) is 0 Å². The maximum Gasteiger partial charge on any atom is 0.159 e. The highest BCUT2D eigenvalue weighted by atomic mass is 19.2. The molecule has 0 aliphatic heterocycles. The third-order valence-electron chi connectivity index (χ3n) is 4.77. The Bertz CT molecular complexity index is 462. The fourth-order valence-electron chi connectivity index (χ4n) is 3.83. The summed E-state index contributed by atoms with van der Waals surface area (Å²) >= 11 is 0. The third-order valence-corrected chi connectivity index (χ3v) is 4.77. The molecule has 1 aromatic rings. The van der Waals surface area contributed by atoms with Crippen LogP contribution < -0.4 is 5.32 Å². The zero-order chi connectivity index (χ0) is 13.5. The van der Waals surface area contributed by atoms with Gasteiger partial charge in [0.05, 0.1) is 0 Å². The minimum absolute atomic E-state index is 0.258. The van der Waals surface area contributed by atoms with Crippen LogP contribution in [0.15, 0.2) is 18.2 Å². The average molecular weight is 265 g/mol. The highest BCUT2D eigenvalue weighted by molar-refractivity contribution is 5.21. The van der Waals surface area contributed by atoms with E-state index in [9.17, 15) is 8.78 Å².